The molecule has 2 rings (SSSR count). The van der Waals surface area contributed by atoms with Gasteiger partial charge in [0.15, 0.2) is 6.10 Å². The molecule has 0 aliphatic heterocycles. The second-order valence-corrected chi connectivity index (χ2v) is 6.71. The average molecular weight is 421 g/mol. The maximum atomic E-state index is 12.2. The van der Waals surface area contributed by atoms with Crippen LogP contribution in [0.15, 0.2) is 42.5 Å². The first kappa shape index (κ1) is 22.2. The molecule has 2 aromatic rings. The molecule has 0 aliphatic carbocycles. The standard InChI is InChI=1S/C20H21ClN2O6/c1-13-5-8-16(9-6-13)28-11-3-4-19(24)29-14(2)20(25)22-18-10-7-15(23(26)27)12-17(18)21/h5-10,12,14H,3-4,11H2,1-2H3,(H,22,25). The van der Waals surface area contributed by atoms with Gasteiger partial charge in [-0.25, -0.2) is 0 Å². The zero-order valence-corrected chi connectivity index (χ0v) is 16.8. The molecule has 0 radical (unpaired) electrons. The van der Waals surface area contributed by atoms with Crippen LogP contribution in [-0.2, 0) is 14.3 Å². The third-order valence-electron chi connectivity index (χ3n) is 3.91. The molecular formula is C20H21ClN2O6. The normalized spacial score (nSPS) is 11.4. The summed E-state index contributed by atoms with van der Waals surface area (Å²) in [6.45, 7) is 3.75. The first-order valence-electron chi connectivity index (χ1n) is 8.90. The number of non-ortho nitro benzene ring substituents is 1. The van der Waals surface area contributed by atoms with Crippen molar-refractivity contribution in [1.29, 1.82) is 0 Å². The molecule has 154 valence electrons. The maximum absolute atomic E-state index is 12.2. The van der Waals surface area contributed by atoms with Crippen LogP contribution in [0.25, 0.3) is 0 Å². The van der Waals surface area contributed by atoms with Gasteiger partial charge in [-0.2, -0.15) is 0 Å². The van der Waals surface area contributed by atoms with Crippen LogP contribution in [0.4, 0.5) is 11.4 Å². The Bertz CT molecular complexity index is 885. The minimum Gasteiger partial charge on any atom is -0.494 e. The number of carbonyl (C=O) groups excluding carboxylic acids is 2. The molecule has 0 saturated carbocycles. The first-order valence-corrected chi connectivity index (χ1v) is 9.28. The molecule has 1 atom stereocenters. The maximum Gasteiger partial charge on any atom is 0.306 e. The molecule has 0 heterocycles. The van der Waals surface area contributed by atoms with Gasteiger partial charge in [0.1, 0.15) is 5.75 Å². The van der Waals surface area contributed by atoms with Crippen molar-refractivity contribution in [2.45, 2.75) is 32.8 Å². The highest BCUT2D eigenvalue weighted by molar-refractivity contribution is 6.34. The molecule has 0 aromatic heterocycles. The Balaban J connectivity index is 1.74. The molecule has 2 aromatic carbocycles. The summed E-state index contributed by atoms with van der Waals surface area (Å²) < 4.78 is 10.6. The number of rotatable bonds is 9. The summed E-state index contributed by atoms with van der Waals surface area (Å²) in [5, 5.41) is 13.2. The van der Waals surface area contributed by atoms with Gasteiger partial charge in [-0.1, -0.05) is 29.3 Å². The number of ether oxygens (including phenoxy) is 2. The van der Waals surface area contributed by atoms with Crippen molar-refractivity contribution in [3.8, 4) is 5.75 Å². The van der Waals surface area contributed by atoms with E-state index >= 15 is 0 Å². The van der Waals surface area contributed by atoms with E-state index in [0.29, 0.717) is 13.0 Å². The zero-order valence-electron chi connectivity index (χ0n) is 16.0. The van der Waals surface area contributed by atoms with E-state index in [1.165, 1.54) is 19.1 Å². The van der Waals surface area contributed by atoms with E-state index in [1.54, 1.807) is 0 Å². The molecule has 9 heteroatoms. The Morgan fingerprint density at radius 3 is 2.52 bits per heavy atom. The number of carbonyl (C=O) groups is 2. The van der Waals surface area contributed by atoms with Gasteiger partial charge >= 0.3 is 5.97 Å². The summed E-state index contributed by atoms with van der Waals surface area (Å²) in [5.74, 6) is -0.406. The smallest absolute Gasteiger partial charge is 0.306 e. The van der Waals surface area contributed by atoms with Gasteiger partial charge in [-0.15, -0.1) is 0 Å². The van der Waals surface area contributed by atoms with E-state index in [0.717, 1.165) is 17.4 Å². The van der Waals surface area contributed by atoms with Crippen LogP contribution in [0.1, 0.15) is 25.3 Å². The monoisotopic (exact) mass is 420 g/mol. The molecule has 0 aliphatic rings. The highest BCUT2D eigenvalue weighted by Gasteiger charge is 2.19. The summed E-state index contributed by atoms with van der Waals surface area (Å²) in [5.41, 5.74) is 1.13. The molecule has 8 nitrogen and oxygen atoms in total. The molecule has 1 N–H and O–H groups in total. The number of hydrogen-bond donors (Lipinski definition) is 1. The van der Waals surface area contributed by atoms with Crippen LogP contribution in [0.2, 0.25) is 5.02 Å². The van der Waals surface area contributed by atoms with Crippen molar-refractivity contribution in [2.75, 3.05) is 11.9 Å². The van der Waals surface area contributed by atoms with Crippen molar-refractivity contribution < 1.29 is 24.0 Å². The van der Waals surface area contributed by atoms with Gasteiger partial charge in [0.25, 0.3) is 11.6 Å². The van der Waals surface area contributed by atoms with Crippen molar-refractivity contribution in [3.63, 3.8) is 0 Å². The van der Waals surface area contributed by atoms with Gasteiger partial charge in [0, 0.05) is 18.6 Å². The summed E-state index contributed by atoms with van der Waals surface area (Å²) in [7, 11) is 0. The van der Waals surface area contributed by atoms with Crippen molar-refractivity contribution in [1.82, 2.24) is 0 Å². The number of anilines is 1. The lowest BCUT2D eigenvalue weighted by atomic mass is 10.2. The molecule has 1 unspecified atom stereocenters. The van der Waals surface area contributed by atoms with Gasteiger partial charge < -0.3 is 14.8 Å². The number of hydrogen-bond acceptors (Lipinski definition) is 6. The van der Waals surface area contributed by atoms with E-state index in [9.17, 15) is 19.7 Å². The fourth-order valence-electron chi connectivity index (χ4n) is 2.30. The molecule has 0 spiro atoms. The molecular weight excluding hydrogens is 400 g/mol. The number of esters is 1. The van der Waals surface area contributed by atoms with Gasteiger partial charge in [0.05, 0.1) is 22.2 Å². The summed E-state index contributed by atoms with van der Waals surface area (Å²) in [6.07, 6.45) is -0.511. The predicted molar refractivity (Wildman–Crippen MR) is 108 cm³/mol. The second-order valence-electron chi connectivity index (χ2n) is 6.31. The number of nitrogens with zero attached hydrogens (tertiary/aromatic N) is 1. The lowest BCUT2D eigenvalue weighted by Gasteiger charge is -2.14. The van der Waals surface area contributed by atoms with Crippen LogP contribution in [0, 0.1) is 17.0 Å². The highest BCUT2D eigenvalue weighted by Crippen LogP contribution is 2.26. The van der Waals surface area contributed by atoms with E-state index < -0.39 is 22.9 Å². The number of nitro benzene ring substituents is 1. The number of aryl methyl sites for hydroxylation is 1. The highest BCUT2D eigenvalue weighted by atomic mass is 35.5. The van der Waals surface area contributed by atoms with Crippen molar-refractivity contribution in [2.24, 2.45) is 0 Å². The Hall–Kier alpha value is -3.13. The fourth-order valence-corrected chi connectivity index (χ4v) is 2.53. The van der Waals surface area contributed by atoms with Crippen molar-refractivity contribution >= 4 is 34.9 Å². The third-order valence-corrected chi connectivity index (χ3v) is 4.23. The quantitative estimate of drug-likeness (QED) is 0.280. The SMILES string of the molecule is Cc1ccc(OCCCC(=O)OC(C)C(=O)Nc2ccc([N+](=O)[O-])cc2Cl)cc1. The van der Waals surface area contributed by atoms with Gasteiger partial charge in [-0.05, 0) is 38.5 Å². The number of halogens is 1. The minimum atomic E-state index is -1.05. The number of benzene rings is 2. The number of amides is 1. The molecule has 1 amide bonds. The molecule has 29 heavy (non-hydrogen) atoms. The fraction of sp³-hybridized carbons (Fsp3) is 0.300. The first-order chi connectivity index (χ1) is 13.8. The van der Waals surface area contributed by atoms with Gasteiger partial charge in [-0.3, -0.25) is 19.7 Å². The summed E-state index contributed by atoms with van der Waals surface area (Å²) in [6, 6.07) is 11.2. The van der Waals surface area contributed by atoms with Crippen LogP contribution >= 0.6 is 11.6 Å². The largest absolute Gasteiger partial charge is 0.494 e. The van der Waals surface area contributed by atoms with E-state index in [2.05, 4.69) is 5.32 Å². The summed E-state index contributed by atoms with van der Waals surface area (Å²) >= 11 is 5.93. The van der Waals surface area contributed by atoms with Crippen LogP contribution in [-0.4, -0.2) is 29.5 Å². The van der Waals surface area contributed by atoms with Crippen molar-refractivity contribution in [3.05, 3.63) is 63.2 Å². The predicted octanol–water partition coefficient (Wildman–Crippen LogP) is 4.29. The number of nitrogens with one attached hydrogen (secondary N) is 1. The Kier molecular flexibility index (Phi) is 7.97. The number of nitro groups is 1. The third kappa shape index (κ3) is 7.08. The van der Waals surface area contributed by atoms with E-state index in [1.807, 2.05) is 31.2 Å². The minimum absolute atomic E-state index is 0.0133. The molecule has 0 saturated heterocycles. The van der Waals surface area contributed by atoms with E-state index in [-0.39, 0.29) is 22.8 Å². The second kappa shape index (κ2) is 10.4. The Morgan fingerprint density at radius 1 is 1.21 bits per heavy atom. The summed E-state index contributed by atoms with van der Waals surface area (Å²) in [4.78, 5) is 34.2. The zero-order chi connectivity index (χ0) is 21.4. The topological polar surface area (TPSA) is 108 Å². The van der Waals surface area contributed by atoms with Crippen LogP contribution in [0.5, 0.6) is 5.75 Å². The van der Waals surface area contributed by atoms with Gasteiger partial charge in [0.2, 0.25) is 0 Å². The Labute approximate surface area is 172 Å². The lowest BCUT2D eigenvalue weighted by Crippen LogP contribution is -2.30. The van der Waals surface area contributed by atoms with E-state index in [4.69, 9.17) is 21.1 Å². The lowest BCUT2D eigenvalue weighted by molar-refractivity contribution is -0.384. The Morgan fingerprint density at radius 2 is 1.90 bits per heavy atom. The average Bonchev–Trinajstić information content (AvgIpc) is 2.67. The van der Waals surface area contributed by atoms with Crippen LogP contribution in [0.3, 0.4) is 0 Å². The molecule has 0 fully saturated rings. The molecule has 0 bridgehead atoms. The van der Waals surface area contributed by atoms with Crippen LogP contribution < -0.4 is 10.1 Å².